The molecule has 8 heteroatoms. The van der Waals surface area contributed by atoms with Crippen LogP contribution in [-0.4, -0.2) is 56.8 Å². The number of sulfonamides is 1. The fourth-order valence-electron chi connectivity index (χ4n) is 3.20. The van der Waals surface area contributed by atoms with Crippen molar-refractivity contribution in [2.45, 2.75) is 18.7 Å². The predicted octanol–water partition coefficient (Wildman–Crippen LogP) is 2.60. The normalized spacial score (nSPS) is 15.5. The molecule has 3 rings (SSSR count). The standard InChI is InChI=1S/C20H23FN2O4S/c1-14-11-18(27-3)19(12-15(14)2)28(25,26)23-9-7-22(8-10-23)20(24)16-5-4-6-17(21)13-16/h4-6,11-13H,7-10H2,1-3H3. The van der Waals surface area contributed by atoms with Crippen LogP contribution < -0.4 is 4.74 Å². The Balaban J connectivity index is 1.77. The van der Waals surface area contributed by atoms with Gasteiger partial charge in [0.25, 0.3) is 5.91 Å². The molecule has 1 fully saturated rings. The van der Waals surface area contributed by atoms with Gasteiger partial charge in [0.1, 0.15) is 16.5 Å². The lowest BCUT2D eigenvalue weighted by Gasteiger charge is -2.34. The quantitative estimate of drug-likeness (QED) is 0.783. The van der Waals surface area contributed by atoms with Crippen LogP contribution >= 0.6 is 0 Å². The van der Waals surface area contributed by atoms with Gasteiger partial charge in [0.2, 0.25) is 10.0 Å². The lowest BCUT2D eigenvalue weighted by molar-refractivity contribution is 0.0697. The van der Waals surface area contributed by atoms with Crippen molar-refractivity contribution < 1.29 is 22.3 Å². The summed E-state index contributed by atoms with van der Waals surface area (Å²) >= 11 is 0. The first-order chi connectivity index (χ1) is 13.2. The highest BCUT2D eigenvalue weighted by atomic mass is 32.2. The Labute approximate surface area is 164 Å². The highest BCUT2D eigenvalue weighted by Crippen LogP contribution is 2.30. The third kappa shape index (κ3) is 3.88. The molecular weight excluding hydrogens is 383 g/mol. The summed E-state index contributed by atoms with van der Waals surface area (Å²) in [4.78, 5) is 14.2. The van der Waals surface area contributed by atoms with E-state index in [1.54, 1.807) is 23.1 Å². The van der Waals surface area contributed by atoms with Crippen LogP contribution in [0.25, 0.3) is 0 Å². The predicted molar refractivity (Wildman–Crippen MR) is 104 cm³/mol. The molecule has 0 spiro atoms. The number of nitrogens with zero attached hydrogens (tertiary/aromatic N) is 2. The van der Waals surface area contributed by atoms with Crippen LogP contribution in [0.3, 0.4) is 0 Å². The highest BCUT2D eigenvalue weighted by Gasteiger charge is 2.32. The summed E-state index contributed by atoms with van der Waals surface area (Å²) in [5, 5.41) is 0. The van der Waals surface area contributed by atoms with Gasteiger partial charge in [-0.25, -0.2) is 12.8 Å². The number of hydrogen-bond donors (Lipinski definition) is 0. The van der Waals surface area contributed by atoms with Crippen molar-refractivity contribution in [2.24, 2.45) is 0 Å². The van der Waals surface area contributed by atoms with E-state index in [0.29, 0.717) is 5.75 Å². The zero-order chi connectivity index (χ0) is 20.5. The summed E-state index contributed by atoms with van der Waals surface area (Å²) in [6.07, 6.45) is 0. The number of aryl methyl sites for hydroxylation is 2. The second-order valence-corrected chi connectivity index (χ2v) is 8.70. The Morgan fingerprint density at radius 2 is 1.68 bits per heavy atom. The van der Waals surface area contributed by atoms with Crippen molar-refractivity contribution in [3.8, 4) is 5.75 Å². The Morgan fingerprint density at radius 1 is 1.04 bits per heavy atom. The zero-order valence-corrected chi connectivity index (χ0v) is 16.9. The Hall–Kier alpha value is -2.45. The molecule has 1 saturated heterocycles. The fourth-order valence-corrected chi connectivity index (χ4v) is 4.84. The summed E-state index contributed by atoms with van der Waals surface area (Å²) in [7, 11) is -2.31. The third-order valence-electron chi connectivity index (χ3n) is 5.00. The smallest absolute Gasteiger partial charge is 0.254 e. The number of methoxy groups -OCH3 is 1. The zero-order valence-electron chi connectivity index (χ0n) is 16.1. The van der Waals surface area contributed by atoms with E-state index in [4.69, 9.17) is 4.74 Å². The van der Waals surface area contributed by atoms with Crippen molar-refractivity contribution in [3.63, 3.8) is 0 Å². The molecule has 1 amide bonds. The maximum absolute atomic E-state index is 13.4. The summed E-state index contributed by atoms with van der Waals surface area (Å²) in [5.74, 6) is -0.476. The maximum Gasteiger partial charge on any atom is 0.254 e. The monoisotopic (exact) mass is 406 g/mol. The number of carbonyl (C=O) groups excluding carboxylic acids is 1. The minimum Gasteiger partial charge on any atom is -0.495 e. The number of rotatable bonds is 4. The SMILES string of the molecule is COc1cc(C)c(C)cc1S(=O)(=O)N1CCN(C(=O)c2cccc(F)c2)CC1. The molecule has 2 aromatic rings. The molecule has 2 aromatic carbocycles. The van der Waals surface area contributed by atoms with Gasteiger partial charge in [-0.3, -0.25) is 4.79 Å². The van der Waals surface area contributed by atoms with Crippen LogP contribution in [0.15, 0.2) is 41.3 Å². The topological polar surface area (TPSA) is 66.9 Å². The molecule has 0 unspecified atom stereocenters. The van der Waals surface area contributed by atoms with E-state index in [1.165, 1.54) is 29.6 Å². The van der Waals surface area contributed by atoms with E-state index >= 15 is 0 Å². The molecule has 0 atom stereocenters. The number of halogens is 1. The average molecular weight is 406 g/mol. The van der Waals surface area contributed by atoms with Gasteiger partial charge in [0, 0.05) is 31.7 Å². The lowest BCUT2D eigenvalue weighted by Crippen LogP contribution is -2.50. The van der Waals surface area contributed by atoms with Crippen LogP contribution in [0.4, 0.5) is 4.39 Å². The number of benzene rings is 2. The molecule has 0 radical (unpaired) electrons. The molecule has 28 heavy (non-hydrogen) atoms. The molecule has 1 aliphatic heterocycles. The number of hydrogen-bond acceptors (Lipinski definition) is 4. The van der Waals surface area contributed by atoms with Gasteiger partial charge in [0.15, 0.2) is 0 Å². The molecule has 0 N–H and O–H groups in total. The molecular formula is C20H23FN2O4S. The van der Waals surface area contributed by atoms with Gasteiger partial charge >= 0.3 is 0 Å². The van der Waals surface area contributed by atoms with Crippen LogP contribution in [0.1, 0.15) is 21.5 Å². The van der Waals surface area contributed by atoms with Gasteiger partial charge in [-0.1, -0.05) is 6.07 Å². The van der Waals surface area contributed by atoms with E-state index in [9.17, 15) is 17.6 Å². The molecule has 0 saturated carbocycles. The molecule has 1 heterocycles. The van der Waals surface area contributed by atoms with E-state index in [0.717, 1.165) is 11.1 Å². The van der Waals surface area contributed by atoms with E-state index in [-0.39, 0.29) is 42.5 Å². The second kappa shape index (κ2) is 7.89. The van der Waals surface area contributed by atoms with Gasteiger partial charge in [0.05, 0.1) is 7.11 Å². The first-order valence-electron chi connectivity index (χ1n) is 8.94. The van der Waals surface area contributed by atoms with Gasteiger partial charge in [-0.05, 0) is 55.3 Å². The number of carbonyl (C=O) groups is 1. The lowest BCUT2D eigenvalue weighted by atomic mass is 10.1. The first-order valence-corrected chi connectivity index (χ1v) is 10.4. The van der Waals surface area contributed by atoms with Crippen molar-refractivity contribution in [2.75, 3.05) is 33.3 Å². The summed E-state index contributed by atoms with van der Waals surface area (Å²) in [6.45, 7) is 4.55. The molecule has 1 aliphatic rings. The highest BCUT2D eigenvalue weighted by molar-refractivity contribution is 7.89. The molecule has 0 aliphatic carbocycles. The Morgan fingerprint density at radius 3 is 2.29 bits per heavy atom. The minimum absolute atomic E-state index is 0.128. The van der Waals surface area contributed by atoms with Crippen molar-refractivity contribution in [3.05, 3.63) is 58.9 Å². The summed E-state index contributed by atoms with van der Waals surface area (Å²) in [5.41, 5.74) is 2.06. The van der Waals surface area contributed by atoms with E-state index < -0.39 is 15.8 Å². The number of piperazine rings is 1. The van der Waals surface area contributed by atoms with Crippen molar-refractivity contribution in [1.29, 1.82) is 0 Å². The Kier molecular flexibility index (Phi) is 5.71. The fraction of sp³-hybridized carbons (Fsp3) is 0.350. The number of ether oxygens (including phenoxy) is 1. The molecule has 150 valence electrons. The van der Waals surface area contributed by atoms with Crippen molar-refractivity contribution in [1.82, 2.24) is 9.21 Å². The maximum atomic E-state index is 13.4. The summed E-state index contributed by atoms with van der Waals surface area (Å²) < 4.78 is 46.2. The van der Waals surface area contributed by atoms with E-state index in [2.05, 4.69) is 0 Å². The minimum atomic E-state index is -3.75. The van der Waals surface area contributed by atoms with Crippen LogP contribution in [0.5, 0.6) is 5.75 Å². The van der Waals surface area contributed by atoms with Crippen molar-refractivity contribution >= 4 is 15.9 Å². The molecule has 0 aromatic heterocycles. The Bertz CT molecular complexity index is 999. The van der Waals surface area contributed by atoms with Crippen LogP contribution in [-0.2, 0) is 10.0 Å². The van der Waals surface area contributed by atoms with Gasteiger partial charge < -0.3 is 9.64 Å². The molecule has 0 bridgehead atoms. The van der Waals surface area contributed by atoms with Crippen LogP contribution in [0.2, 0.25) is 0 Å². The second-order valence-electron chi connectivity index (χ2n) is 6.79. The summed E-state index contributed by atoms with van der Waals surface area (Å²) in [6, 6.07) is 8.83. The van der Waals surface area contributed by atoms with E-state index in [1.807, 2.05) is 13.8 Å². The third-order valence-corrected chi connectivity index (χ3v) is 6.92. The van der Waals surface area contributed by atoms with Gasteiger partial charge in [-0.15, -0.1) is 0 Å². The molecule has 6 nitrogen and oxygen atoms in total. The average Bonchev–Trinajstić information content (AvgIpc) is 2.69. The first kappa shape index (κ1) is 20.3. The largest absolute Gasteiger partial charge is 0.495 e. The number of amides is 1. The van der Waals surface area contributed by atoms with Gasteiger partial charge in [-0.2, -0.15) is 4.31 Å². The van der Waals surface area contributed by atoms with Crippen LogP contribution in [0, 0.1) is 19.7 Å².